The summed E-state index contributed by atoms with van der Waals surface area (Å²) in [6, 6.07) is 12.6. The zero-order valence-corrected chi connectivity index (χ0v) is 18.3. The Morgan fingerprint density at radius 2 is 2.00 bits per heavy atom. The number of fused-ring (bicyclic) bond motifs is 1. The molecule has 0 radical (unpaired) electrons. The van der Waals surface area contributed by atoms with Crippen LogP contribution in [0.4, 0.5) is 5.82 Å². The molecule has 0 bridgehead atoms. The number of pyridine rings is 1. The van der Waals surface area contributed by atoms with Crippen molar-refractivity contribution in [2.45, 2.75) is 56.9 Å². The van der Waals surface area contributed by atoms with Crippen LogP contribution in [0.5, 0.6) is 0 Å². The van der Waals surface area contributed by atoms with Gasteiger partial charge in [-0.15, -0.1) is 11.8 Å². The van der Waals surface area contributed by atoms with Gasteiger partial charge in [-0.3, -0.25) is 9.78 Å². The fraction of sp³-hybridized carbons (Fsp3) is 0.375. The predicted octanol–water partition coefficient (Wildman–Crippen LogP) is 5.76. The highest BCUT2D eigenvalue weighted by molar-refractivity contribution is 8.00. The zero-order valence-electron chi connectivity index (χ0n) is 17.4. The van der Waals surface area contributed by atoms with Gasteiger partial charge in [-0.2, -0.15) is 5.26 Å². The minimum atomic E-state index is -0.0908. The van der Waals surface area contributed by atoms with Crippen LogP contribution in [-0.2, 0) is 4.79 Å². The molecule has 1 aliphatic carbocycles. The molecule has 4 rings (SSSR count). The van der Waals surface area contributed by atoms with E-state index in [0.717, 1.165) is 39.9 Å². The number of thioether (sulfide) groups is 1. The van der Waals surface area contributed by atoms with Crippen molar-refractivity contribution in [1.82, 2.24) is 9.55 Å². The van der Waals surface area contributed by atoms with Crippen molar-refractivity contribution < 1.29 is 4.79 Å². The Hall–Kier alpha value is -2.78. The summed E-state index contributed by atoms with van der Waals surface area (Å²) in [5, 5.41) is 13.9. The molecule has 5 nitrogen and oxygen atoms in total. The summed E-state index contributed by atoms with van der Waals surface area (Å²) in [7, 11) is 0. The van der Waals surface area contributed by atoms with Crippen molar-refractivity contribution in [3.8, 4) is 6.07 Å². The molecule has 1 amide bonds. The lowest BCUT2D eigenvalue weighted by molar-refractivity contribution is -0.113. The molecule has 1 fully saturated rings. The standard InChI is InChI=1S/C24H26N4OS/c1-16-17(2)28(18-8-4-3-5-9-18)24(20(16)14-25)27-23(29)15-30-22-12-13-26-21-11-7-6-10-19(21)22/h6-7,10-13,18H,3-5,8-9,15H2,1-2H3,(H,27,29). The maximum Gasteiger partial charge on any atom is 0.235 e. The summed E-state index contributed by atoms with van der Waals surface area (Å²) in [4.78, 5) is 18.3. The van der Waals surface area contributed by atoms with Crippen LogP contribution in [0.3, 0.4) is 0 Å². The van der Waals surface area contributed by atoms with E-state index in [9.17, 15) is 10.1 Å². The maximum atomic E-state index is 12.9. The average molecular weight is 419 g/mol. The highest BCUT2D eigenvalue weighted by Gasteiger charge is 2.25. The number of rotatable bonds is 5. The normalized spacial score (nSPS) is 14.6. The molecule has 1 N–H and O–H groups in total. The second-order valence-electron chi connectivity index (χ2n) is 7.87. The Balaban J connectivity index is 1.55. The van der Waals surface area contributed by atoms with Gasteiger partial charge in [0.15, 0.2) is 0 Å². The number of anilines is 1. The Bertz CT molecular complexity index is 1120. The molecule has 1 aliphatic rings. The highest BCUT2D eigenvalue weighted by Crippen LogP contribution is 2.37. The molecule has 2 aromatic heterocycles. The minimum absolute atomic E-state index is 0.0908. The molecule has 0 saturated heterocycles. The smallest absolute Gasteiger partial charge is 0.235 e. The van der Waals surface area contributed by atoms with Gasteiger partial charge in [0.1, 0.15) is 11.9 Å². The van der Waals surface area contributed by atoms with Gasteiger partial charge in [-0.05, 0) is 44.4 Å². The molecular formula is C24H26N4OS. The molecule has 0 unspecified atom stereocenters. The second kappa shape index (κ2) is 8.93. The first-order valence-corrected chi connectivity index (χ1v) is 11.5. The molecule has 3 aromatic rings. The van der Waals surface area contributed by atoms with E-state index >= 15 is 0 Å². The van der Waals surface area contributed by atoms with Gasteiger partial charge in [0.25, 0.3) is 0 Å². The molecule has 2 heterocycles. The lowest BCUT2D eigenvalue weighted by Gasteiger charge is -2.27. The summed E-state index contributed by atoms with van der Waals surface area (Å²) in [5.41, 5.74) is 3.56. The Kier molecular flexibility index (Phi) is 6.10. The summed E-state index contributed by atoms with van der Waals surface area (Å²) in [5.74, 6) is 0.865. The number of carbonyl (C=O) groups excluding carboxylic acids is 1. The summed E-state index contributed by atoms with van der Waals surface area (Å²) in [6.07, 6.45) is 7.63. The Morgan fingerprint density at radius 1 is 1.23 bits per heavy atom. The van der Waals surface area contributed by atoms with Crippen molar-refractivity contribution >= 4 is 34.4 Å². The van der Waals surface area contributed by atoms with E-state index in [1.807, 2.05) is 37.3 Å². The van der Waals surface area contributed by atoms with E-state index in [0.29, 0.717) is 17.4 Å². The molecule has 30 heavy (non-hydrogen) atoms. The first kappa shape index (κ1) is 20.5. The Morgan fingerprint density at radius 3 is 2.77 bits per heavy atom. The molecule has 1 aromatic carbocycles. The van der Waals surface area contributed by atoms with Crippen LogP contribution in [0, 0.1) is 25.2 Å². The first-order chi connectivity index (χ1) is 14.6. The monoisotopic (exact) mass is 418 g/mol. The zero-order chi connectivity index (χ0) is 21.1. The van der Waals surface area contributed by atoms with E-state index in [1.54, 1.807) is 6.20 Å². The number of carbonyl (C=O) groups is 1. The van der Waals surface area contributed by atoms with Crippen molar-refractivity contribution in [2.75, 3.05) is 11.1 Å². The van der Waals surface area contributed by atoms with E-state index in [4.69, 9.17) is 0 Å². The van der Waals surface area contributed by atoms with Crippen LogP contribution in [0.2, 0.25) is 0 Å². The molecule has 0 aliphatic heterocycles. The number of nitriles is 1. The molecular weight excluding hydrogens is 392 g/mol. The van der Waals surface area contributed by atoms with Crippen molar-refractivity contribution in [1.29, 1.82) is 5.26 Å². The predicted molar refractivity (Wildman–Crippen MR) is 122 cm³/mol. The maximum absolute atomic E-state index is 12.9. The van der Waals surface area contributed by atoms with Crippen LogP contribution in [0.15, 0.2) is 41.4 Å². The fourth-order valence-corrected chi connectivity index (χ4v) is 5.23. The van der Waals surface area contributed by atoms with Gasteiger partial charge >= 0.3 is 0 Å². The van der Waals surface area contributed by atoms with Crippen LogP contribution >= 0.6 is 11.8 Å². The minimum Gasteiger partial charge on any atom is -0.327 e. The number of aromatic nitrogens is 2. The largest absolute Gasteiger partial charge is 0.327 e. The van der Waals surface area contributed by atoms with Gasteiger partial charge in [0, 0.05) is 28.2 Å². The van der Waals surface area contributed by atoms with Gasteiger partial charge in [0.2, 0.25) is 5.91 Å². The quantitative estimate of drug-likeness (QED) is 0.535. The number of hydrogen-bond donors (Lipinski definition) is 1. The Labute approximate surface area is 181 Å². The number of nitrogens with one attached hydrogen (secondary N) is 1. The van der Waals surface area contributed by atoms with Crippen LogP contribution in [-0.4, -0.2) is 21.2 Å². The summed E-state index contributed by atoms with van der Waals surface area (Å²) < 4.78 is 2.21. The third kappa shape index (κ3) is 3.95. The molecule has 0 spiro atoms. The molecule has 6 heteroatoms. The van der Waals surface area contributed by atoms with Crippen molar-refractivity contribution in [2.24, 2.45) is 0 Å². The second-order valence-corrected chi connectivity index (χ2v) is 8.89. The van der Waals surface area contributed by atoms with Gasteiger partial charge in [-0.25, -0.2) is 0 Å². The lowest BCUT2D eigenvalue weighted by Crippen LogP contribution is -2.21. The topological polar surface area (TPSA) is 70.7 Å². The number of amides is 1. The third-order valence-corrected chi connectivity index (χ3v) is 7.11. The number of nitrogens with zero attached hydrogens (tertiary/aromatic N) is 3. The van der Waals surface area contributed by atoms with Crippen molar-refractivity contribution in [3.05, 3.63) is 53.3 Å². The first-order valence-electron chi connectivity index (χ1n) is 10.5. The van der Waals surface area contributed by atoms with Crippen molar-refractivity contribution in [3.63, 3.8) is 0 Å². The third-order valence-electron chi connectivity index (χ3n) is 6.03. The highest BCUT2D eigenvalue weighted by atomic mass is 32.2. The van der Waals surface area contributed by atoms with Gasteiger partial charge < -0.3 is 9.88 Å². The summed E-state index contributed by atoms with van der Waals surface area (Å²) in [6.45, 7) is 4.03. The lowest BCUT2D eigenvalue weighted by atomic mass is 9.95. The average Bonchev–Trinajstić information content (AvgIpc) is 3.01. The van der Waals surface area contributed by atoms with Crippen LogP contribution < -0.4 is 5.32 Å². The van der Waals surface area contributed by atoms with E-state index < -0.39 is 0 Å². The molecule has 0 atom stereocenters. The van der Waals surface area contributed by atoms with Crippen LogP contribution in [0.1, 0.15) is 55.0 Å². The molecule has 154 valence electrons. The summed E-state index contributed by atoms with van der Waals surface area (Å²) >= 11 is 1.50. The number of hydrogen-bond acceptors (Lipinski definition) is 4. The SMILES string of the molecule is Cc1c(C#N)c(NC(=O)CSc2ccnc3ccccc23)n(C2CCCCC2)c1C. The van der Waals surface area contributed by atoms with Crippen LogP contribution in [0.25, 0.3) is 10.9 Å². The van der Waals surface area contributed by atoms with E-state index in [-0.39, 0.29) is 11.7 Å². The van der Waals surface area contributed by atoms with E-state index in [1.165, 1.54) is 31.0 Å². The number of para-hydroxylation sites is 1. The molecule has 1 saturated carbocycles. The fourth-order valence-electron chi connectivity index (χ4n) is 4.39. The number of benzene rings is 1. The van der Waals surface area contributed by atoms with E-state index in [2.05, 4.69) is 27.9 Å². The van der Waals surface area contributed by atoms with Gasteiger partial charge in [-0.1, -0.05) is 37.5 Å². The van der Waals surface area contributed by atoms with Gasteiger partial charge in [0.05, 0.1) is 16.8 Å².